The van der Waals surface area contributed by atoms with E-state index < -0.39 is 9.84 Å². The number of hydrogen-bond acceptors (Lipinski definition) is 6. The van der Waals surface area contributed by atoms with Crippen molar-refractivity contribution in [2.75, 3.05) is 19.3 Å². The molecule has 24 heavy (non-hydrogen) atoms. The molecule has 2 fully saturated rings. The van der Waals surface area contributed by atoms with E-state index in [9.17, 15) is 8.42 Å². The average Bonchev–Trinajstić information content (AvgIpc) is 3.14. The lowest BCUT2D eigenvalue weighted by molar-refractivity contribution is 0.136. The van der Waals surface area contributed by atoms with Gasteiger partial charge in [-0.05, 0) is 65.9 Å². The molecule has 4 rings (SSSR count). The molecule has 0 amide bonds. The first kappa shape index (κ1) is 15.7. The Kier molecular flexibility index (Phi) is 3.69. The van der Waals surface area contributed by atoms with Crippen LogP contribution >= 0.6 is 0 Å². The maximum absolute atomic E-state index is 11.6. The fourth-order valence-corrected chi connectivity index (χ4v) is 4.42. The number of aromatic nitrogens is 4. The van der Waals surface area contributed by atoms with Crippen LogP contribution in [0.15, 0.2) is 29.2 Å². The van der Waals surface area contributed by atoms with Gasteiger partial charge in [-0.15, -0.1) is 5.10 Å². The molecule has 0 bridgehead atoms. The maximum Gasteiger partial charge on any atom is 0.175 e. The standard InChI is InChI=1S/C16H21N5O2S/c1-24(22,23)14-5-3-13(4-6-14)21-15(17-18-19-21)11-20-10-9-16(12-20)7-2-8-16/h3-6H,2,7-12H2,1H3. The second-order valence-corrected chi connectivity index (χ2v) is 9.10. The molecule has 0 unspecified atom stereocenters. The smallest absolute Gasteiger partial charge is 0.175 e. The second-order valence-electron chi connectivity index (χ2n) is 7.09. The summed E-state index contributed by atoms with van der Waals surface area (Å²) in [6, 6.07) is 6.67. The fraction of sp³-hybridized carbons (Fsp3) is 0.562. The van der Waals surface area contributed by atoms with Crippen molar-refractivity contribution in [1.29, 1.82) is 0 Å². The Morgan fingerprint density at radius 2 is 1.92 bits per heavy atom. The number of hydrogen-bond donors (Lipinski definition) is 0. The molecular formula is C16H21N5O2S. The maximum atomic E-state index is 11.6. The van der Waals surface area contributed by atoms with Crippen molar-refractivity contribution in [3.05, 3.63) is 30.1 Å². The molecule has 0 N–H and O–H groups in total. The van der Waals surface area contributed by atoms with E-state index in [1.54, 1.807) is 28.9 Å². The number of likely N-dealkylation sites (tertiary alicyclic amines) is 1. The lowest BCUT2D eigenvalue weighted by Crippen LogP contribution is -2.33. The molecule has 1 aromatic heterocycles. The van der Waals surface area contributed by atoms with E-state index in [1.165, 1.54) is 31.9 Å². The minimum absolute atomic E-state index is 0.298. The summed E-state index contributed by atoms with van der Waals surface area (Å²) in [4.78, 5) is 2.72. The van der Waals surface area contributed by atoms with Gasteiger partial charge in [-0.2, -0.15) is 4.68 Å². The summed E-state index contributed by atoms with van der Waals surface area (Å²) >= 11 is 0. The van der Waals surface area contributed by atoms with Crippen LogP contribution in [0.3, 0.4) is 0 Å². The Hall–Kier alpha value is -1.80. The monoisotopic (exact) mass is 347 g/mol. The first-order valence-corrected chi connectivity index (χ1v) is 10.1. The lowest BCUT2D eigenvalue weighted by atomic mass is 9.68. The summed E-state index contributed by atoms with van der Waals surface area (Å²) in [5.41, 5.74) is 1.33. The van der Waals surface area contributed by atoms with E-state index >= 15 is 0 Å². The zero-order chi connectivity index (χ0) is 16.8. The van der Waals surface area contributed by atoms with Gasteiger partial charge in [0.2, 0.25) is 0 Å². The summed E-state index contributed by atoms with van der Waals surface area (Å²) in [6.45, 7) is 2.95. The van der Waals surface area contributed by atoms with Gasteiger partial charge in [0.1, 0.15) is 0 Å². The topological polar surface area (TPSA) is 81.0 Å². The molecule has 0 radical (unpaired) electrons. The molecule has 1 saturated carbocycles. The van der Waals surface area contributed by atoms with E-state index in [-0.39, 0.29) is 0 Å². The predicted molar refractivity (Wildman–Crippen MR) is 88.4 cm³/mol. The summed E-state index contributed by atoms with van der Waals surface area (Å²) in [5.74, 6) is 0.790. The van der Waals surface area contributed by atoms with Gasteiger partial charge >= 0.3 is 0 Å². The van der Waals surface area contributed by atoms with Crippen LogP contribution in [0.2, 0.25) is 0 Å². The molecule has 1 aliphatic carbocycles. The third-order valence-electron chi connectivity index (χ3n) is 5.34. The van der Waals surface area contributed by atoms with Gasteiger partial charge in [0.15, 0.2) is 15.7 Å². The summed E-state index contributed by atoms with van der Waals surface area (Å²) < 4.78 is 24.8. The van der Waals surface area contributed by atoms with Gasteiger partial charge in [-0.25, -0.2) is 8.42 Å². The third kappa shape index (κ3) is 2.84. The average molecular weight is 347 g/mol. The molecule has 8 heteroatoms. The van der Waals surface area contributed by atoms with Crippen LogP contribution in [0.4, 0.5) is 0 Å². The highest BCUT2D eigenvalue weighted by atomic mass is 32.2. The predicted octanol–water partition coefficient (Wildman–Crippen LogP) is 1.44. The molecule has 0 atom stereocenters. The first-order valence-electron chi connectivity index (χ1n) is 8.25. The van der Waals surface area contributed by atoms with E-state index in [0.717, 1.165) is 31.1 Å². The van der Waals surface area contributed by atoms with Gasteiger partial charge in [0.05, 0.1) is 17.1 Å². The number of rotatable bonds is 4. The van der Waals surface area contributed by atoms with Crippen molar-refractivity contribution < 1.29 is 8.42 Å². The number of tetrazole rings is 1. The van der Waals surface area contributed by atoms with E-state index in [4.69, 9.17) is 0 Å². The molecule has 1 aliphatic heterocycles. The Labute approximate surface area is 141 Å². The van der Waals surface area contributed by atoms with Gasteiger partial charge in [-0.1, -0.05) is 6.42 Å². The Bertz CT molecular complexity index is 840. The van der Waals surface area contributed by atoms with Gasteiger partial charge in [0, 0.05) is 12.8 Å². The van der Waals surface area contributed by atoms with Crippen LogP contribution < -0.4 is 0 Å². The SMILES string of the molecule is CS(=O)(=O)c1ccc(-n2nnnc2CN2CCC3(CCC3)C2)cc1. The highest BCUT2D eigenvalue weighted by molar-refractivity contribution is 7.90. The zero-order valence-corrected chi connectivity index (χ0v) is 14.5. The van der Waals surface area contributed by atoms with Crippen LogP contribution in [-0.2, 0) is 16.4 Å². The highest BCUT2D eigenvalue weighted by Crippen LogP contribution is 2.48. The summed E-state index contributed by atoms with van der Waals surface area (Å²) in [6.07, 6.45) is 6.53. The van der Waals surface area contributed by atoms with Gasteiger partial charge in [-0.3, -0.25) is 4.90 Å². The first-order chi connectivity index (χ1) is 11.5. The third-order valence-corrected chi connectivity index (χ3v) is 6.47. The molecule has 1 saturated heterocycles. The largest absolute Gasteiger partial charge is 0.295 e. The van der Waals surface area contributed by atoms with Crippen molar-refractivity contribution in [2.24, 2.45) is 5.41 Å². The van der Waals surface area contributed by atoms with E-state index in [1.807, 2.05) is 0 Å². The van der Waals surface area contributed by atoms with Crippen molar-refractivity contribution in [3.8, 4) is 5.69 Å². The summed E-state index contributed by atoms with van der Waals surface area (Å²) in [7, 11) is -3.20. The van der Waals surface area contributed by atoms with Crippen molar-refractivity contribution in [1.82, 2.24) is 25.1 Å². The minimum atomic E-state index is -3.20. The van der Waals surface area contributed by atoms with Crippen LogP contribution in [0.25, 0.3) is 5.69 Å². The molecular weight excluding hydrogens is 326 g/mol. The molecule has 1 spiro atoms. The quantitative estimate of drug-likeness (QED) is 0.832. The number of nitrogens with zero attached hydrogens (tertiary/aromatic N) is 5. The van der Waals surface area contributed by atoms with Crippen LogP contribution in [0.5, 0.6) is 0 Å². The Morgan fingerprint density at radius 1 is 1.17 bits per heavy atom. The molecule has 2 aromatic rings. The summed E-state index contributed by atoms with van der Waals surface area (Å²) in [5, 5.41) is 12.0. The lowest BCUT2D eigenvalue weighted by Gasteiger charge is -2.38. The van der Waals surface area contributed by atoms with E-state index in [0.29, 0.717) is 10.3 Å². The van der Waals surface area contributed by atoms with Crippen LogP contribution in [-0.4, -0.2) is 52.9 Å². The Morgan fingerprint density at radius 3 is 2.50 bits per heavy atom. The molecule has 128 valence electrons. The van der Waals surface area contributed by atoms with Gasteiger partial charge in [0.25, 0.3) is 0 Å². The normalized spacial score (nSPS) is 20.4. The molecule has 1 aromatic carbocycles. The highest BCUT2D eigenvalue weighted by Gasteiger charge is 2.42. The van der Waals surface area contributed by atoms with E-state index in [2.05, 4.69) is 20.4 Å². The number of benzene rings is 1. The molecule has 7 nitrogen and oxygen atoms in total. The van der Waals surface area contributed by atoms with Crippen molar-refractivity contribution >= 4 is 9.84 Å². The van der Waals surface area contributed by atoms with Crippen LogP contribution in [0.1, 0.15) is 31.5 Å². The molecule has 2 heterocycles. The number of sulfone groups is 1. The Balaban J connectivity index is 1.52. The second kappa shape index (κ2) is 5.63. The minimum Gasteiger partial charge on any atom is -0.295 e. The van der Waals surface area contributed by atoms with Crippen LogP contribution in [0, 0.1) is 5.41 Å². The van der Waals surface area contributed by atoms with Crippen molar-refractivity contribution in [2.45, 2.75) is 37.1 Å². The van der Waals surface area contributed by atoms with Crippen molar-refractivity contribution in [3.63, 3.8) is 0 Å². The molecule has 2 aliphatic rings. The fourth-order valence-electron chi connectivity index (χ4n) is 3.79. The zero-order valence-electron chi connectivity index (χ0n) is 13.7. The van der Waals surface area contributed by atoms with Gasteiger partial charge < -0.3 is 0 Å².